The molecule has 1 N–H and O–H groups in total. The maximum atomic E-state index is 13.1. The Bertz CT molecular complexity index is 976. The molecule has 2 aromatic rings. The molecule has 5 rings (SSSR count). The third kappa shape index (κ3) is 3.79. The highest BCUT2D eigenvalue weighted by molar-refractivity contribution is 5.77. The van der Waals surface area contributed by atoms with E-state index in [0.29, 0.717) is 13.0 Å². The van der Waals surface area contributed by atoms with Crippen LogP contribution in [0, 0.1) is 0 Å². The number of amides is 1. The Balaban J connectivity index is 1.31. The summed E-state index contributed by atoms with van der Waals surface area (Å²) in [5.41, 5.74) is 4.84. The van der Waals surface area contributed by atoms with Gasteiger partial charge in [0, 0.05) is 44.4 Å². The van der Waals surface area contributed by atoms with E-state index < -0.39 is 6.10 Å². The highest BCUT2D eigenvalue weighted by Crippen LogP contribution is 2.47. The standard InChI is InChI=1S/C25H30N2O4/c1-26(2)18-7-8-22-20(11-18)21-12-19(30-23(15-28)25(21)31-22)13-24(29)27-10-9-16-5-3-4-6-17(16)14-27/h3-8,11,19,21,23,25,28H,9-10,12-15H2,1-2H3/t19-,21-,23+,25+/m0/s1. The number of benzene rings is 2. The summed E-state index contributed by atoms with van der Waals surface area (Å²) in [7, 11) is 4.04. The molecule has 3 aliphatic rings. The first-order valence-electron chi connectivity index (χ1n) is 11.1. The van der Waals surface area contributed by atoms with Crippen LogP contribution < -0.4 is 9.64 Å². The van der Waals surface area contributed by atoms with Crippen LogP contribution in [-0.2, 0) is 22.5 Å². The van der Waals surface area contributed by atoms with Gasteiger partial charge in [0.25, 0.3) is 0 Å². The number of hydrogen-bond donors (Lipinski definition) is 1. The molecule has 164 valence electrons. The minimum atomic E-state index is -0.422. The van der Waals surface area contributed by atoms with Crippen molar-refractivity contribution in [2.45, 2.75) is 50.0 Å². The average molecular weight is 423 g/mol. The van der Waals surface area contributed by atoms with Crippen LogP contribution >= 0.6 is 0 Å². The normalized spacial score (nSPS) is 26.5. The maximum absolute atomic E-state index is 13.1. The average Bonchev–Trinajstić information content (AvgIpc) is 3.16. The molecular weight excluding hydrogens is 392 g/mol. The molecular formula is C25H30N2O4. The number of carbonyl (C=O) groups excluding carboxylic acids is 1. The van der Waals surface area contributed by atoms with Crippen LogP contribution in [-0.4, -0.2) is 61.5 Å². The van der Waals surface area contributed by atoms with Gasteiger partial charge in [-0.2, -0.15) is 0 Å². The third-order valence-corrected chi connectivity index (χ3v) is 6.88. The van der Waals surface area contributed by atoms with Gasteiger partial charge < -0.3 is 24.4 Å². The fourth-order valence-electron chi connectivity index (χ4n) is 5.19. The van der Waals surface area contributed by atoms with Crippen molar-refractivity contribution in [3.63, 3.8) is 0 Å². The molecule has 6 heteroatoms. The van der Waals surface area contributed by atoms with Crippen molar-refractivity contribution in [1.82, 2.24) is 4.90 Å². The van der Waals surface area contributed by atoms with Gasteiger partial charge in [0.1, 0.15) is 18.0 Å². The van der Waals surface area contributed by atoms with Crippen molar-refractivity contribution >= 4 is 11.6 Å². The second-order valence-electron chi connectivity index (χ2n) is 9.06. The van der Waals surface area contributed by atoms with Gasteiger partial charge in [-0.3, -0.25) is 4.79 Å². The molecule has 3 heterocycles. The monoisotopic (exact) mass is 422 g/mol. The second-order valence-corrected chi connectivity index (χ2v) is 9.06. The summed E-state index contributed by atoms with van der Waals surface area (Å²) in [4.78, 5) is 17.1. The number of hydrogen-bond acceptors (Lipinski definition) is 5. The molecule has 2 aromatic carbocycles. The van der Waals surface area contributed by atoms with Gasteiger partial charge in [-0.1, -0.05) is 24.3 Å². The number of anilines is 1. The van der Waals surface area contributed by atoms with Gasteiger partial charge in [-0.05, 0) is 42.2 Å². The van der Waals surface area contributed by atoms with E-state index in [1.54, 1.807) is 0 Å². The van der Waals surface area contributed by atoms with E-state index in [-0.39, 0.29) is 30.6 Å². The number of carbonyl (C=O) groups is 1. The Morgan fingerprint density at radius 2 is 2.00 bits per heavy atom. The molecule has 4 atom stereocenters. The predicted molar refractivity (Wildman–Crippen MR) is 118 cm³/mol. The minimum Gasteiger partial charge on any atom is -0.487 e. The number of rotatable bonds is 4. The molecule has 0 spiro atoms. The maximum Gasteiger partial charge on any atom is 0.225 e. The predicted octanol–water partition coefficient (Wildman–Crippen LogP) is 2.72. The summed E-state index contributed by atoms with van der Waals surface area (Å²) in [5, 5.41) is 9.96. The van der Waals surface area contributed by atoms with Crippen molar-refractivity contribution in [3.05, 3.63) is 59.2 Å². The van der Waals surface area contributed by atoms with Crippen molar-refractivity contribution in [1.29, 1.82) is 0 Å². The summed E-state index contributed by atoms with van der Waals surface area (Å²) < 4.78 is 12.3. The lowest BCUT2D eigenvalue weighted by molar-refractivity contribution is -0.149. The highest BCUT2D eigenvalue weighted by Gasteiger charge is 2.46. The van der Waals surface area contributed by atoms with E-state index in [2.05, 4.69) is 29.2 Å². The molecule has 1 fully saturated rings. The van der Waals surface area contributed by atoms with Gasteiger partial charge in [0.2, 0.25) is 5.91 Å². The van der Waals surface area contributed by atoms with Crippen molar-refractivity contribution in [2.75, 3.05) is 32.1 Å². The second kappa shape index (κ2) is 8.17. The molecule has 0 aromatic heterocycles. The van der Waals surface area contributed by atoms with Gasteiger partial charge in [-0.15, -0.1) is 0 Å². The topological polar surface area (TPSA) is 62.2 Å². The van der Waals surface area contributed by atoms with Crippen molar-refractivity contribution < 1.29 is 19.4 Å². The Kier molecular flexibility index (Phi) is 5.36. The number of nitrogens with zero attached hydrogens (tertiary/aromatic N) is 2. The lowest BCUT2D eigenvalue weighted by atomic mass is 9.84. The van der Waals surface area contributed by atoms with Gasteiger partial charge in [-0.25, -0.2) is 0 Å². The molecule has 0 aliphatic carbocycles. The number of aliphatic hydroxyl groups is 1. The molecule has 6 nitrogen and oxygen atoms in total. The third-order valence-electron chi connectivity index (χ3n) is 6.88. The van der Waals surface area contributed by atoms with Crippen molar-refractivity contribution in [3.8, 4) is 5.75 Å². The molecule has 0 unspecified atom stereocenters. The molecule has 0 saturated carbocycles. The van der Waals surface area contributed by atoms with Crippen LogP contribution in [0.4, 0.5) is 5.69 Å². The lowest BCUT2D eigenvalue weighted by Crippen LogP contribution is -2.48. The first kappa shape index (κ1) is 20.3. The molecule has 0 bridgehead atoms. The zero-order valence-corrected chi connectivity index (χ0v) is 18.2. The first-order valence-corrected chi connectivity index (χ1v) is 11.1. The summed E-state index contributed by atoms with van der Waals surface area (Å²) in [6.45, 7) is 1.29. The van der Waals surface area contributed by atoms with E-state index >= 15 is 0 Å². The lowest BCUT2D eigenvalue weighted by Gasteiger charge is -2.38. The van der Waals surface area contributed by atoms with Crippen LogP contribution in [0.15, 0.2) is 42.5 Å². The Labute approximate surface area is 183 Å². The number of ether oxygens (including phenoxy) is 2. The van der Waals surface area contributed by atoms with E-state index in [9.17, 15) is 9.90 Å². The Hall–Kier alpha value is -2.57. The smallest absolute Gasteiger partial charge is 0.225 e. The fourth-order valence-corrected chi connectivity index (χ4v) is 5.19. The quantitative estimate of drug-likeness (QED) is 0.821. The van der Waals surface area contributed by atoms with E-state index in [1.165, 1.54) is 11.1 Å². The largest absolute Gasteiger partial charge is 0.487 e. The molecule has 0 radical (unpaired) electrons. The van der Waals surface area contributed by atoms with Gasteiger partial charge in [0.05, 0.1) is 19.1 Å². The van der Waals surface area contributed by atoms with Crippen LogP contribution in [0.2, 0.25) is 0 Å². The van der Waals surface area contributed by atoms with Crippen LogP contribution in [0.1, 0.15) is 35.4 Å². The minimum absolute atomic E-state index is 0.114. The SMILES string of the molecule is CN(C)c1ccc2c(c1)[C@@H]1C[C@@H](CC(=O)N3CCc4ccccc4C3)O[C@H](CO)[C@@H]1O2. The van der Waals surface area contributed by atoms with Crippen LogP contribution in [0.5, 0.6) is 5.75 Å². The van der Waals surface area contributed by atoms with Crippen LogP contribution in [0.3, 0.4) is 0 Å². The van der Waals surface area contributed by atoms with Gasteiger partial charge in [0.15, 0.2) is 0 Å². The van der Waals surface area contributed by atoms with E-state index in [4.69, 9.17) is 9.47 Å². The van der Waals surface area contributed by atoms with Crippen molar-refractivity contribution in [2.24, 2.45) is 0 Å². The zero-order chi connectivity index (χ0) is 21.5. The molecule has 1 saturated heterocycles. The molecule has 31 heavy (non-hydrogen) atoms. The summed E-state index contributed by atoms with van der Waals surface area (Å²) >= 11 is 0. The van der Waals surface area contributed by atoms with Crippen LogP contribution in [0.25, 0.3) is 0 Å². The highest BCUT2D eigenvalue weighted by atomic mass is 16.6. The zero-order valence-electron chi connectivity index (χ0n) is 18.2. The Morgan fingerprint density at radius 1 is 1.19 bits per heavy atom. The number of fused-ring (bicyclic) bond motifs is 4. The first-order chi connectivity index (χ1) is 15.0. The fraction of sp³-hybridized carbons (Fsp3) is 0.480. The summed E-state index contributed by atoms with van der Waals surface area (Å²) in [6.07, 6.45) is 1.11. The van der Waals surface area contributed by atoms with E-state index in [1.807, 2.05) is 37.2 Å². The van der Waals surface area contributed by atoms with E-state index in [0.717, 1.165) is 36.4 Å². The summed E-state index contributed by atoms with van der Waals surface area (Å²) in [6, 6.07) is 14.5. The van der Waals surface area contributed by atoms with Gasteiger partial charge >= 0.3 is 0 Å². The Morgan fingerprint density at radius 3 is 2.77 bits per heavy atom. The molecule has 3 aliphatic heterocycles. The number of aliphatic hydroxyl groups excluding tert-OH is 1. The summed E-state index contributed by atoms with van der Waals surface area (Å²) in [5.74, 6) is 1.11. The molecule has 1 amide bonds.